The van der Waals surface area contributed by atoms with Crippen LogP contribution in [-0.4, -0.2) is 23.3 Å². The summed E-state index contributed by atoms with van der Waals surface area (Å²) in [6, 6.07) is 14.1. The number of carbonyl (C=O) groups excluding carboxylic acids is 2. The van der Waals surface area contributed by atoms with E-state index < -0.39 is 0 Å². The maximum atomic E-state index is 12.0. The van der Waals surface area contributed by atoms with E-state index in [1.165, 1.54) is 12.2 Å². The van der Waals surface area contributed by atoms with Crippen molar-refractivity contribution in [1.82, 2.24) is 10.3 Å². The van der Waals surface area contributed by atoms with Crippen LogP contribution in [0.2, 0.25) is 0 Å². The van der Waals surface area contributed by atoms with E-state index in [4.69, 9.17) is 4.42 Å². The van der Waals surface area contributed by atoms with Crippen LogP contribution in [-0.2, 0) is 4.79 Å². The molecule has 2 N–H and O–H groups in total. The Balaban J connectivity index is 1.67. The van der Waals surface area contributed by atoms with Gasteiger partial charge in [0, 0.05) is 29.9 Å². The highest BCUT2D eigenvalue weighted by atomic mass is 16.3. The first-order valence-corrected chi connectivity index (χ1v) is 7.88. The van der Waals surface area contributed by atoms with Crippen molar-refractivity contribution in [2.75, 3.05) is 11.9 Å². The summed E-state index contributed by atoms with van der Waals surface area (Å²) in [5.74, 6) is -0.164. The highest BCUT2D eigenvalue weighted by molar-refractivity contribution is 6.03. The molecule has 0 radical (unpaired) electrons. The van der Waals surface area contributed by atoms with Crippen LogP contribution in [0.5, 0.6) is 0 Å². The number of amides is 2. The van der Waals surface area contributed by atoms with Crippen molar-refractivity contribution in [2.45, 2.75) is 6.92 Å². The molecule has 0 saturated heterocycles. The second kappa shape index (κ2) is 7.44. The molecule has 0 spiro atoms. The van der Waals surface area contributed by atoms with Crippen LogP contribution in [0.3, 0.4) is 0 Å². The van der Waals surface area contributed by atoms with Gasteiger partial charge in [-0.2, -0.15) is 0 Å². The lowest BCUT2D eigenvalue weighted by molar-refractivity contribution is -0.111. The van der Waals surface area contributed by atoms with Crippen molar-refractivity contribution >= 4 is 34.7 Å². The Kier molecular flexibility index (Phi) is 4.89. The number of rotatable bonds is 5. The molecular formula is C19H17N3O3. The Morgan fingerprint density at radius 2 is 2.00 bits per heavy atom. The molecule has 0 saturated carbocycles. The van der Waals surface area contributed by atoms with Gasteiger partial charge < -0.3 is 15.1 Å². The fraction of sp³-hybridized carbons (Fsp3) is 0.105. The molecule has 0 aliphatic carbocycles. The van der Waals surface area contributed by atoms with Crippen LogP contribution in [0.4, 0.5) is 5.69 Å². The molecule has 1 heterocycles. The Bertz CT molecular complexity index is 911. The third kappa shape index (κ3) is 4.11. The Labute approximate surface area is 144 Å². The van der Waals surface area contributed by atoms with E-state index >= 15 is 0 Å². The number of fused-ring (bicyclic) bond motifs is 1. The number of anilines is 1. The summed E-state index contributed by atoms with van der Waals surface area (Å²) in [4.78, 5) is 28.1. The number of hydrogen-bond acceptors (Lipinski definition) is 4. The number of oxazole rings is 1. The maximum Gasteiger partial charge on any atom is 0.251 e. The quantitative estimate of drug-likeness (QED) is 0.701. The lowest BCUT2D eigenvalue weighted by Gasteiger charge is -2.05. The van der Waals surface area contributed by atoms with Crippen molar-refractivity contribution in [3.8, 4) is 0 Å². The zero-order valence-corrected chi connectivity index (χ0v) is 13.7. The van der Waals surface area contributed by atoms with Gasteiger partial charge in [0.05, 0.1) is 0 Å². The molecule has 0 fully saturated rings. The fourth-order valence-corrected chi connectivity index (χ4v) is 2.29. The van der Waals surface area contributed by atoms with Crippen molar-refractivity contribution in [3.63, 3.8) is 0 Å². The molecular weight excluding hydrogens is 318 g/mol. The average molecular weight is 335 g/mol. The van der Waals surface area contributed by atoms with E-state index in [1.54, 1.807) is 24.3 Å². The third-order valence-electron chi connectivity index (χ3n) is 3.42. The molecule has 3 aromatic rings. The molecule has 25 heavy (non-hydrogen) atoms. The van der Waals surface area contributed by atoms with Gasteiger partial charge in [-0.05, 0) is 37.3 Å². The zero-order valence-electron chi connectivity index (χ0n) is 13.7. The second-order valence-electron chi connectivity index (χ2n) is 5.28. The Hall–Kier alpha value is -3.41. The summed E-state index contributed by atoms with van der Waals surface area (Å²) in [5.41, 5.74) is 2.42. The van der Waals surface area contributed by atoms with Crippen LogP contribution in [0.15, 0.2) is 59.0 Å². The van der Waals surface area contributed by atoms with Crippen LogP contribution in [0.25, 0.3) is 17.2 Å². The SMILES string of the molecule is CCNC(=O)c1cccc(NC(=O)/C=C/c2nc3ccccc3o2)c1. The number of para-hydroxylation sites is 2. The molecule has 126 valence electrons. The van der Waals surface area contributed by atoms with Gasteiger partial charge in [-0.25, -0.2) is 4.98 Å². The van der Waals surface area contributed by atoms with E-state index in [1.807, 2.05) is 31.2 Å². The van der Waals surface area contributed by atoms with Gasteiger partial charge in [0.2, 0.25) is 11.8 Å². The highest BCUT2D eigenvalue weighted by Gasteiger charge is 2.06. The molecule has 1 aromatic heterocycles. The number of aromatic nitrogens is 1. The molecule has 6 nitrogen and oxygen atoms in total. The van der Waals surface area contributed by atoms with Gasteiger partial charge in [-0.3, -0.25) is 9.59 Å². The monoisotopic (exact) mass is 335 g/mol. The van der Waals surface area contributed by atoms with E-state index in [0.29, 0.717) is 29.3 Å². The average Bonchev–Trinajstić information content (AvgIpc) is 3.03. The first-order chi connectivity index (χ1) is 12.2. The standard InChI is InChI=1S/C19H17N3O3/c1-2-20-19(24)13-6-5-7-14(12-13)21-17(23)10-11-18-22-15-8-3-4-9-16(15)25-18/h3-12H,2H2,1H3,(H,20,24)(H,21,23)/b11-10+. The van der Waals surface area contributed by atoms with Crippen molar-refractivity contribution < 1.29 is 14.0 Å². The molecule has 0 atom stereocenters. The zero-order chi connectivity index (χ0) is 17.6. The van der Waals surface area contributed by atoms with Crippen molar-refractivity contribution in [2.24, 2.45) is 0 Å². The summed E-state index contributed by atoms with van der Waals surface area (Å²) in [6.07, 6.45) is 2.84. The maximum absolute atomic E-state index is 12.0. The Morgan fingerprint density at radius 1 is 1.16 bits per heavy atom. The van der Waals surface area contributed by atoms with E-state index in [0.717, 1.165) is 5.52 Å². The summed E-state index contributed by atoms with van der Waals surface area (Å²) >= 11 is 0. The lowest BCUT2D eigenvalue weighted by atomic mass is 10.2. The first-order valence-electron chi connectivity index (χ1n) is 7.88. The number of benzene rings is 2. The number of carbonyl (C=O) groups is 2. The van der Waals surface area contributed by atoms with Gasteiger partial charge in [0.15, 0.2) is 5.58 Å². The van der Waals surface area contributed by atoms with Gasteiger partial charge >= 0.3 is 0 Å². The van der Waals surface area contributed by atoms with Crippen LogP contribution >= 0.6 is 0 Å². The first kappa shape index (κ1) is 16.4. The molecule has 6 heteroatoms. The lowest BCUT2D eigenvalue weighted by Crippen LogP contribution is -2.22. The molecule has 0 aliphatic heterocycles. The Morgan fingerprint density at radius 3 is 2.80 bits per heavy atom. The highest BCUT2D eigenvalue weighted by Crippen LogP contribution is 2.16. The minimum absolute atomic E-state index is 0.180. The number of hydrogen-bond donors (Lipinski definition) is 2. The van der Waals surface area contributed by atoms with Gasteiger partial charge in [-0.1, -0.05) is 18.2 Å². The molecule has 0 aliphatic rings. The summed E-state index contributed by atoms with van der Waals surface area (Å²) in [6.45, 7) is 2.39. The van der Waals surface area contributed by atoms with E-state index in [9.17, 15) is 9.59 Å². The minimum Gasteiger partial charge on any atom is -0.437 e. The van der Waals surface area contributed by atoms with Crippen molar-refractivity contribution in [1.29, 1.82) is 0 Å². The second-order valence-corrected chi connectivity index (χ2v) is 5.28. The van der Waals surface area contributed by atoms with Crippen molar-refractivity contribution in [3.05, 3.63) is 66.1 Å². The minimum atomic E-state index is -0.338. The van der Waals surface area contributed by atoms with E-state index in [2.05, 4.69) is 15.6 Å². The van der Waals surface area contributed by atoms with Crippen LogP contribution < -0.4 is 10.6 Å². The summed E-state index contributed by atoms with van der Waals surface area (Å²) in [7, 11) is 0. The predicted molar refractivity (Wildman–Crippen MR) is 96.1 cm³/mol. The fourth-order valence-electron chi connectivity index (χ4n) is 2.29. The molecule has 0 bridgehead atoms. The molecule has 2 amide bonds. The smallest absolute Gasteiger partial charge is 0.251 e. The topological polar surface area (TPSA) is 84.2 Å². The summed E-state index contributed by atoms with van der Waals surface area (Å²) < 4.78 is 5.52. The molecule has 0 unspecified atom stereocenters. The third-order valence-corrected chi connectivity index (χ3v) is 3.42. The molecule has 3 rings (SSSR count). The number of nitrogens with one attached hydrogen (secondary N) is 2. The van der Waals surface area contributed by atoms with E-state index in [-0.39, 0.29) is 11.8 Å². The largest absolute Gasteiger partial charge is 0.437 e. The van der Waals surface area contributed by atoms with Crippen LogP contribution in [0.1, 0.15) is 23.2 Å². The van der Waals surface area contributed by atoms with Gasteiger partial charge in [0.1, 0.15) is 5.52 Å². The summed E-state index contributed by atoms with van der Waals surface area (Å²) in [5, 5.41) is 5.42. The van der Waals surface area contributed by atoms with Gasteiger partial charge in [-0.15, -0.1) is 0 Å². The van der Waals surface area contributed by atoms with Crippen LogP contribution in [0, 0.1) is 0 Å². The number of nitrogens with zero attached hydrogens (tertiary/aromatic N) is 1. The normalized spacial score (nSPS) is 10.9. The van der Waals surface area contributed by atoms with Gasteiger partial charge in [0.25, 0.3) is 5.91 Å². The molecule has 2 aromatic carbocycles. The predicted octanol–water partition coefficient (Wildman–Crippen LogP) is 3.23.